The molecule has 1 saturated carbocycles. The zero-order chi connectivity index (χ0) is 12.5. The summed E-state index contributed by atoms with van der Waals surface area (Å²) in [5.41, 5.74) is 1.12. The van der Waals surface area contributed by atoms with Gasteiger partial charge in [-0.15, -0.1) is 0 Å². The minimum atomic E-state index is -0.288. The van der Waals surface area contributed by atoms with E-state index in [2.05, 4.69) is 4.90 Å². The van der Waals surface area contributed by atoms with Crippen LogP contribution >= 0.6 is 11.3 Å². The van der Waals surface area contributed by atoms with Gasteiger partial charge in [0.25, 0.3) is 0 Å². The van der Waals surface area contributed by atoms with Crippen LogP contribution in [0, 0.1) is 0 Å². The standard InChI is InChI=1S/C13H20N2O2S/c1-17-8-7-15(9-5-6-9)13-14-10-3-2-4-11(16)12(10)18-13/h9,11,16H,2-8H2,1H3. The van der Waals surface area contributed by atoms with Crippen LogP contribution in [0.3, 0.4) is 0 Å². The molecule has 100 valence electrons. The molecule has 0 bridgehead atoms. The Labute approximate surface area is 112 Å². The first-order valence-electron chi connectivity index (χ1n) is 6.73. The third kappa shape index (κ3) is 2.39. The predicted octanol–water partition coefficient (Wildman–Crippen LogP) is 2.13. The summed E-state index contributed by atoms with van der Waals surface area (Å²) < 4.78 is 5.18. The van der Waals surface area contributed by atoms with Crippen LogP contribution in [0.15, 0.2) is 0 Å². The van der Waals surface area contributed by atoms with Gasteiger partial charge in [0.05, 0.1) is 23.3 Å². The maximum absolute atomic E-state index is 10.0. The summed E-state index contributed by atoms with van der Waals surface area (Å²) in [5, 5.41) is 11.1. The van der Waals surface area contributed by atoms with Crippen molar-refractivity contribution in [1.82, 2.24) is 4.98 Å². The summed E-state index contributed by atoms with van der Waals surface area (Å²) in [6.45, 7) is 1.65. The van der Waals surface area contributed by atoms with Gasteiger partial charge in [0.15, 0.2) is 5.13 Å². The highest BCUT2D eigenvalue weighted by atomic mass is 32.1. The molecule has 0 aromatic carbocycles. The monoisotopic (exact) mass is 268 g/mol. The van der Waals surface area contributed by atoms with Gasteiger partial charge in [-0.05, 0) is 32.1 Å². The molecule has 0 spiro atoms. The molecule has 1 N–H and O–H groups in total. The molecule has 2 aliphatic rings. The van der Waals surface area contributed by atoms with Crippen molar-refractivity contribution >= 4 is 16.5 Å². The second-order valence-corrected chi connectivity index (χ2v) is 6.14. The number of aliphatic hydroxyl groups excluding tert-OH is 1. The third-order valence-electron chi connectivity index (χ3n) is 3.68. The molecule has 1 unspecified atom stereocenters. The average molecular weight is 268 g/mol. The molecule has 0 aliphatic heterocycles. The largest absolute Gasteiger partial charge is 0.388 e. The van der Waals surface area contributed by atoms with Crippen LogP contribution < -0.4 is 4.90 Å². The Hall–Kier alpha value is -0.650. The molecule has 1 heterocycles. The Kier molecular flexibility index (Phi) is 3.54. The van der Waals surface area contributed by atoms with E-state index in [9.17, 15) is 5.11 Å². The van der Waals surface area contributed by atoms with Gasteiger partial charge in [0, 0.05) is 19.7 Å². The van der Waals surface area contributed by atoms with Crippen LogP contribution in [0.1, 0.15) is 42.4 Å². The van der Waals surface area contributed by atoms with E-state index in [1.54, 1.807) is 18.4 Å². The maximum Gasteiger partial charge on any atom is 0.186 e. The van der Waals surface area contributed by atoms with Crippen LogP contribution in [-0.4, -0.2) is 36.4 Å². The lowest BCUT2D eigenvalue weighted by Crippen LogP contribution is -2.29. The predicted molar refractivity (Wildman–Crippen MR) is 72.3 cm³/mol. The van der Waals surface area contributed by atoms with E-state index in [1.807, 2.05) is 0 Å². The van der Waals surface area contributed by atoms with E-state index in [0.29, 0.717) is 6.04 Å². The van der Waals surface area contributed by atoms with Gasteiger partial charge in [-0.3, -0.25) is 0 Å². The highest BCUT2D eigenvalue weighted by molar-refractivity contribution is 7.15. The van der Waals surface area contributed by atoms with Crippen molar-refractivity contribution in [3.63, 3.8) is 0 Å². The van der Waals surface area contributed by atoms with E-state index >= 15 is 0 Å². The molecule has 4 nitrogen and oxygen atoms in total. The number of hydrogen-bond acceptors (Lipinski definition) is 5. The second kappa shape index (κ2) is 5.15. The van der Waals surface area contributed by atoms with Crippen LogP contribution in [0.2, 0.25) is 0 Å². The van der Waals surface area contributed by atoms with Crippen molar-refractivity contribution < 1.29 is 9.84 Å². The average Bonchev–Trinajstić information content (AvgIpc) is 3.09. The molecule has 1 fully saturated rings. The normalized spacial score (nSPS) is 22.9. The van der Waals surface area contributed by atoms with E-state index in [4.69, 9.17) is 9.72 Å². The molecule has 0 radical (unpaired) electrons. The van der Waals surface area contributed by atoms with Gasteiger partial charge < -0.3 is 14.7 Å². The topological polar surface area (TPSA) is 45.6 Å². The third-order valence-corrected chi connectivity index (χ3v) is 4.92. The first-order valence-corrected chi connectivity index (χ1v) is 7.54. The van der Waals surface area contributed by atoms with Gasteiger partial charge in [-0.2, -0.15) is 0 Å². The molecule has 2 aliphatic carbocycles. The van der Waals surface area contributed by atoms with Gasteiger partial charge >= 0.3 is 0 Å². The molecule has 0 amide bonds. The van der Waals surface area contributed by atoms with Gasteiger partial charge in [-0.25, -0.2) is 4.98 Å². The zero-order valence-electron chi connectivity index (χ0n) is 10.8. The van der Waals surface area contributed by atoms with E-state index in [1.165, 1.54) is 12.8 Å². The molecule has 1 aromatic heterocycles. The summed E-state index contributed by atoms with van der Waals surface area (Å²) in [6.07, 6.45) is 5.19. The molecule has 5 heteroatoms. The van der Waals surface area contributed by atoms with Crippen molar-refractivity contribution in [2.45, 2.75) is 44.2 Å². The Bertz CT molecular complexity index is 417. The summed E-state index contributed by atoms with van der Waals surface area (Å²) in [6, 6.07) is 0.643. The Morgan fingerprint density at radius 3 is 2.94 bits per heavy atom. The maximum atomic E-state index is 10.0. The summed E-state index contributed by atoms with van der Waals surface area (Å²) in [5.74, 6) is 0. The van der Waals surface area contributed by atoms with Gasteiger partial charge in [0.1, 0.15) is 0 Å². The number of aliphatic hydroxyl groups is 1. The molecule has 0 saturated heterocycles. The fourth-order valence-electron chi connectivity index (χ4n) is 2.52. The van der Waals surface area contributed by atoms with Crippen molar-refractivity contribution in [2.75, 3.05) is 25.2 Å². The first-order chi connectivity index (χ1) is 8.79. The fraction of sp³-hybridized carbons (Fsp3) is 0.769. The Morgan fingerprint density at radius 2 is 2.28 bits per heavy atom. The number of methoxy groups -OCH3 is 1. The number of ether oxygens (including phenoxy) is 1. The molecule has 3 rings (SSSR count). The second-order valence-electron chi connectivity index (χ2n) is 5.13. The minimum absolute atomic E-state index is 0.288. The molecular weight excluding hydrogens is 248 g/mol. The van der Waals surface area contributed by atoms with E-state index in [0.717, 1.165) is 48.1 Å². The molecular formula is C13H20N2O2S. The fourth-order valence-corrected chi connectivity index (χ4v) is 3.75. The van der Waals surface area contributed by atoms with E-state index < -0.39 is 0 Å². The number of hydrogen-bond donors (Lipinski definition) is 1. The van der Waals surface area contributed by atoms with Crippen molar-refractivity contribution in [2.24, 2.45) is 0 Å². The van der Waals surface area contributed by atoms with Gasteiger partial charge in [-0.1, -0.05) is 11.3 Å². The molecule has 1 atom stereocenters. The lowest BCUT2D eigenvalue weighted by Gasteiger charge is -2.20. The quantitative estimate of drug-likeness (QED) is 0.888. The number of thiazole rings is 1. The molecule has 1 aromatic rings. The smallest absolute Gasteiger partial charge is 0.186 e. The summed E-state index contributed by atoms with van der Waals surface area (Å²) in [4.78, 5) is 8.20. The number of aromatic nitrogens is 1. The van der Waals surface area contributed by atoms with Crippen molar-refractivity contribution in [3.8, 4) is 0 Å². The first kappa shape index (κ1) is 12.4. The highest BCUT2D eigenvalue weighted by Gasteiger charge is 2.32. The van der Waals surface area contributed by atoms with Gasteiger partial charge in [0.2, 0.25) is 0 Å². The van der Waals surface area contributed by atoms with E-state index in [-0.39, 0.29) is 6.10 Å². The Balaban J connectivity index is 1.81. The highest BCUT2D eigenvalue weighted by Crippen LogP contribution is 2.40. The number of anilines is 1. The molecule has 18 heavy (non-hydrogen) atoms. The summed E-state index contributed by atoms with van der Waals surface area (Å²) >= 11 is 1.68. The SMILES string of the molecule is COCCN(c1nc2c(s1)C(O)CCC2)C1CC1. The van der Waals surface area contributed by atoms with Crippen molar-refractivity contribution in [3.05, 3.63) is 10.6 Å². The van der Waals surface area contributed by atoms with Crippen LogP contribution in [0.5, 0.6) is 0 Å². The van der Waals surface area contributed by atoms with Crippen LogP contribution in [0.4, 0.5) is 5.13 Å². The lowest BCUT2D eigenvalue weighted by atomic mass is 10.0. The minimum Gasteiger partial charge on any atom is -0.388 e. The lowest BCUT2D eigenvalue weighted by molar-refractivity contribution is 0.160. The number of rotatable bonds is 5. The number of fused-ring (bicyclic) bond motifs is 1. The van der Waals surface area contributed by atoms with Crippen LogP contribution in [0.25, 0.3) is 0 Å². The Morgan fingerprint density at radius 1 is 1.44 bits per heavy atom. The number of aryl methyl sites for hydroxylation is 1. The van der Waals surface area contributed by atoms with Crippen molar-refractivity contribution in [1.29, 1.82) is 0 Å². The zero-order valence-corrected chi connectivity index (χ0v) is 11.6. The summed E-state index contributed by atoms with van der Waals surface area (Å²) in [7, 11) is 1.74. The van der Waals surface area contributed by atoms with Crippen LogP contribution in [-0.2, 0) is 11.2 Å². The number of nitrogens with zero attached hydrogens (tertiary/aromatic N) is 2.